The fourth-order valence-corrected chi connectivity index (χ4v) is 1.66. The maximum Gasteiger partial charge on any atom is 0.269 e. The van der Waals surface area contributed by atoms with Crippen molar-refractivity contribution in [1.82, 2.24) is 0 Å². The Kier molecular flexibility index (Phi) is 5.70. The SMILES string of the molecule is O=[N+]([O-])c1ccccc1.c1ccc(Oc2ccccc2)cc1. The Balaban J connectivity index is 0.000000172. The Hall–Kier alpha value is -3.14. The first-order valence-corrected chi connectivity index (χ1v) is 6.73. The number of non-ortho nitro benzene ring substituents is 1. The standard InChI is InChI=1S/C12H10O.C6H5NO2/c1-3-7-11(8-4-1)13-12-9-5-2-6-10-12;8-7(9)6-4-2-1-3-5-6/h1-10H;1-5H. The number of para-hydroxylation sites is 3. The molecular weight excluding hydrogens is 278 g/mol. The van der Waals surface area contributed by atoms with Crippen molar-refractivity contribution in [2.75, 3.05) is 0 Å². The monoisotopic (exact) mass is 293 g/mol. The predicted octanol–water partition coefficient (Wildman–Crippen LogP) is 5.07. The molecule has 3 rings (SSSR count). The van der Waals surface area contributed by atoms with Gasteiger partial charge in [-0.25, -0.2) is 0 Å². The van der Waals surface area contributed by atoms with Gasteiger partial charge >= 0.3 is 0 Å². The molecule has 0 spiro atoms. The summed E-state index contributed by atoms with van der Waals surface area (Å²) in [5.41, 5.74) is 0.137. The minimum Gasteiger partial charge on any atom is -0.457 e. The Labute approximate surface area is 128 Å². The lowest BCUT2D eigenvalue weighted by Crippen LogP contribution is -1.84. The zero-order valence-corrected chi connectivity index (χ0v) is 11.8. The van der Waals surface area contributed by atoms with Crippen LogP contribution in [0.15, 0.2) is 91.0 Å². The second kappa shape index (κ2) is 8.21. The summed E-state index contributed by atoms with van der Waals surface area (Å²) >= 11 is 0. The molecule has 22 heavy (non-hydrogen) atoms. The Morgan fingerprint density at radius 1 is 0.636 bits per heavy atom. The second-order valence-corrected chi connectivity index (χ2v) is 4.32. The number of rotatable bonds is 3. The van der Waals surface area contributed by atoms with Gasteiger partial charge in [0.25, 0.3) is 5.69 Å². The molecule has 0 aliphatic rings. The van der Waals surface area contributed by atoms with Gasteiger partial charge in [-0.05, 0) is 24.3 Å². The molecule has 0 aliphatic carbocycles. The predicted molar refractivity (Wildman–Crippen MR) is 86.1 cm³/mol. The van der Waals surface area contributed by atoms with E-state index in [1.54, 1.807) is 18.2 Å². The second-order valence-electron chi connectivity index (χ2n) is 4.32. The quantitative estimate of drug-likeness (QED) is 0.500. The average molecular weight is 293 g/mol. The van der Waals surface area contributed by atoms with Crippen molar-refractivity contribution in [2.24, 2.45) is 0 Å². The van der Waals surface area contributed by atoms with Crippen molar-refractivity contribution in [3.63, 3.8) is 0 Å². The number of hydrogen-bond acceptors (Lipinski definition) is 3. The first kappa shape index (κ1) is 15.3. The molecule has 3 aromatic rings. The van der Waals surface area contributed by atoms with Crippen LogP contribution < -0.4 is 4.74 Å². The Morgan fingerprint density at radius 3 is 1.32 bits per heavy atom. The average Bonchev–Trinajstić information content (AvgIpc) is 2.58. The molecule has 0 aliphatic heterocycles. The van der Waals surface area contributed by atoms with Gasteiger partial charge in [0, 0.05) is 12.1 Å². The number of hydrogen-bond donors (Lipinski definition) is 0. The van der Waals surface area contributed by atoms with Crippen molar-refractivity contribution in [3.05, 3.63) is 101 Å². The molecule has 0 unspecified atom stereocenters. The van der Waals surface area contributed by atoms with Gasteiger partial charge in [0.15, 0.2) is 0 Å². The van der Waals surface area contributed by atoms with Gasteiger partial charge in [0.1, 0.15) is 11.5 Å². The van der Waals surface area contributed by atoms with Gasteiger partial charge in [-0.3, -0.25) is 10.1 Å². The van der Waals surface area contributed by atoms with Crippen LogP contribution in [0, 0.1) is 10.1 Å². The Morgan fingerprint density at radius 2 is 1.00 bits per heavy atom. The van der Waals surface area contributed by atoms with Crippen LogP contribution in [0.2, 0.25) is 0 Å². The lowest BCUT2D eigenvalue weighted by Gasteiger charge is -2.03. The summed E-state index contributed by atoms with van der Waals surface area (Å²) in [5, 5.41) is 10.0. The third-order valence-electron chi connectivity index (χ3n) is 2.69. The fourth-order valence-electron chi connectivity index (χ4n) is 1.66. The van der Waals surface area contributed by atoms with Gasteiger partial charge in [-0.1, -0.05) is 54.6 Å². The normalized spacial score (nSPS) is 9.27. The summed E-state index contributed by atoms with van der Waals surface area (Å²) in [6, 6.07) is 27.5. The largest absolute Gasteiger partial charge is 0.457 e. The minimum absolute atomic E-state index is 0.137. The van der Waals surface area contributed by atoms with Crippen LogP contribution in [0.4, 0.5) is 5.69 Å². The van der Waals surface area contributed by atoms with E-state index in [4.69, 9.17) is 4.74 Å². The zero-order chi connectivity index (χ0) is 15.6. The molecule has 0 fully saturated rings. The lowest BCUT2D eigenvalue weighted by atomic mass is 10.3. The number of nitrogens with zero attached hydrogens (tertiary/aromatic N) is 1. The van der Waals surface area contributed by atoms with E-state index < -0.39 is 4.92 Å². The van der Waals surface area contributed by atoms with Gasteiger partial charge in [0.2, 0.25) is 0 Å². The van der Waals surface area contributed by atoms with Crippen molar-refractivity contribution in [2.45, 2.75) is 0 Å². The zero-order valence-electron chi connectivity index (χ0n) is 11.8. The van der Waals surface area contributed by atoms with E-state index in [0.717, 1.165) is 11.5 Å². The topological polar surface area (TPSA) is 52.4 Å². The highest BCUT2D eigenvalue weighted by molar-refractivity contribution is 5.30. The van der Waals surface area contributed by atoms with E-state index in [-0.39, 0.29) is 5.69 Å². The molecule has 0 saturated carbocycles. The van der Waals surface area contributed by atoms with Crippen LogP contribution in [-0.4, -0.2) is 4.92 Å². The maximum absolute atomic E-state index is 10.0. The molecule has 4 heteroatoms. The maximum atomic E-state index is 10.0. The van der Waals surface area contributed by atoms with Gasteiger partial charge in [0.05, 0.1) is 4.92 Å². The van der Waals surface area contributed by atoms with Gasteiger partial charge < -0.3 is 4.74 Å². The molecule has 110 valence electrons. The highest BCUT2D eigenvalue weighted by atomic mass is 16.6. The highest BCUT2D eigenvalue weighted by Crippen LogP contribution is 2.19. The molecule has 0 N–H and O–H groups in total. The summed E-state index contributed by atoms with van der Waals surface area (Å²) in [4.78, 5) is 9.59. The van der Waals surface area contributed by atoms with Gasteiger partial charge in [-0.2, -0.15) is 0 Å². The molecule has 0 bridgehead atoms. The molecule has 0 radical (unpaired) electrons. The van der Waals surface area contributed by atoms with Crippen molar-refractivity contribution >= 4 is 5.69 Å². The molecule has 0 aromatic heterocycles. The van der Waals surface area contributed by atoms with Crippen LogP contribution in [0.1, 0.15) is 0 Å². The van der Waals surface area contributed by atoms with E-state index in [2.05, 4.69) is 0 Å². The van der Waals surface area contributed by atoms with E-state index >= 15 is 0 Å². The third kappa shape index (κ3) is 5.09. The van der Waals surface area contributed by atoms with E-state index in [1.165, 1.54) is 12.1 Å². The summed E-state index contributed by atoms with van der Waals surface area (Å²) in [5.74, 6) is 1.74. The first-order valence-electron chi connectivity index (χ1n) is 6.73. The molecule has 0 saturated heterocycles. The van der Waals surface area contributed by atoms with Gasteiger partial charge in [-0.15, -0.1) is 0 Å². The van der Waals surface area contributed by atoms with Crippen LogP contribution >= 0.6 is 0 Å². The number of nitro benzene ring substituents is 1. The minimum atomic E-state index is -0.417. The number of ether oxygens (including phenoxy) is 1. The molecule has 4 nitrogen and oxygen atoms in total. The first-order chi connectivity index (χ1) is 10.8. The van der Waals surface area contributed by atoms with Crippen molar-refractivity contribution in [1.29, 1.82) is 0 Å². The van der Waals surface area contributed by atoms with Crippen LogP contribution in [0.5, 0.6) is 11.5 Å². The van der Waals surface area contributed by atoms with Crippen LogP contribution in [0.25, 0.3) is 0 Å². The summed E-state index contributed by atoms with van der Waals surface area (Å²) < 4.78 is 5.58. The lowest BCUT2D eigenvalue weighted by molar-refractivity contribution is -0.384. The molecule has 3 aromatic carbocycles. The molecule has 0 amide bonds. The van der Waals surface area contributed by atoms with Crippen molar-refractivity contribution in [3.8, 4) is 11.5 Å². The molecular formula is C18H15NO3. The smallest absolute Gasteiger partial charge is 0.269 e. The fraction of sp³-hybridized carbons (Fsp3) is 0. The summed E-state index contributed by atoms with van der Waals surface area (Å²) in [7, 11) is 0. The van der Waals surface area contributed by atoms with E-state index in [9.17, 15) is 10.1 Å². The Bertz CT molecular complexity index is 648. The molecule has 0 atom stereocenters. The van der Waals surface area contributed by atoms with Crippen LogP contribution in [-0.2, 0) is 0 Å². The van der Waals surface area contributed by atoms with Crippen LogP contribution in [0.3, 0.4) is 0 Å². The van der Waals surface area contributed by atoms with Crippen molar-refractivity contribution < 1.29 is 9.66 Å². The molecule has 0 heterocycles. The number of nitro groups is 1. The summed E-state index contributed by atoms with van der Waals surface area (Å²) in [6.45, 7) is 0. The third-order valence-corrected chi connectivity index (χ3v) is 2.69. The summed E-state index contributed by atoms with van der Waals surface area (Å²) in [6.07, 6.45) is 0. The number of benzene rings is 3. The van der Waals surface area contributed by atoms with E-state index in [0.29, 0.717) is 0 Å². The van der Waals surface area contributed by atoms with E-state index in [1.807, 2.05) is 60.7 Å². The highest BCUT2D eigenvalue weighted by Gasteiger charge is 1.98.